The van der Waals surface area contributed by atoms with Gasteiger partial charge in [-0.15, -0.1) is 0 Å². The third-order valence-electron chi connectivity index (χ3n) is 3.52. The van der Waals surface area contributed by atoms with Gasteiger partial charge in [-0.2, -0.15) is 4.98 Å². The maximum absolute atomic E-state index is 12.5. The number of aromatic nitrogens is 2. The highest BCUT2D eigenvalue weighted by atomic mass is 35.5. The number of amides is 2. The number of carboxylic acids is 1. The molecule has 0 fully saturated rings. The largest absolute Gasteiger partial charge is 0.481 e. The lowest BCUT2D eigenvalue weighted by Gasteiger charge is -2.15. The van der Waals surface area contributed by atoms with Crippen molar-refractivity contribution in [3.8, 4) is 5.88 Å². The van der Waals surface area contributed by atoms with Gasteiger partial charge >= 0.3 is 12.0 Å². The van der Waals surface area contributed by atoms with E-state index >= 15 is 0 Å². The standard InChI is InChI=1S/C16H17ClN4O8S/c1-27-12-7-10(14(28-2)29-3)18-15(19-12)20-16(24)21-30(25,26)11-5-4-8(17)6-9(11)13(22)23/h4-7,14H,1-3H3,(H,22,23)(H2,18,19,20,21,24). The average Bonchev–Trinajstić information content (AvgIpc) is 2.67. The van der Waals surface area contributed by atoms with Crippen molar-refractivity contribution in [1.82, 2.24) is 14.7 Å². The third-order valence-corrected chi connectivity index (χ3v) is 5.14. The Balaban J connectivity index is 2.29. The average molecular weight is 461 g/mol. The van der Waals surface area contributed by atoms with Crippen molar-refractivity contribution >= 4 is 39.6 Å². The van der Waals surface area contributed by atoms with Gasteiger partial charge < -0.3 is 19.3 Å². The zero-order valence-electron chi connectivity index (χ0n) is 15.9. The monoisotopic (exact) mass is 460 g/mol. The molecular weight excluding hydrogens is 444 g/mol. The molecule has 162 valence electrons. The molecule has 2 aromatic rings. The molecule has 0 bridgehead atoms. The van der Waals surface area contributed by atoms with E-state index in [1.54, 1.807) is 4.72 Å². The van der Waals surface area contributed by atoms with Crippen molar-refractivity contribution in [2.24, 2.45) is 0 Å². The van der Waals surface area contributed by atoms with E-state index in [1.165, 1.54) is 33.5 Å². The van der Waals surface area contributed by atoms with Gasteiger partial charge in [0.2, 0.25) is 18.1 Å². The van der Waals surface area contributed by atoms with Crippen LogP contribution in [-0.4, -0.2) is 56.8 Å². The Bertz CT molecular complexity index is 1060. The molecule has 1 heterocycles. The fourth-order valence-corrected chi connectivity index (χ4v) is 3.53. The summed E-state index contributed by atoms with van der Waals surface area (Å²) in [6.45, 7) is 0. The summed E-state index contributed by atoms with van der Waals surface area (Å²) in [5.41, 5.74) is -0.415. The molecule has 0 aliphatic rings. The van der Waals surface area contributed by atoms with E-state index in [1.807, 2.05) is 0 Å². The van der Waals surface area contributed by atoms with Gasteiger partial charge in [0.05, 0.1) is 12.7 Å². The first-order valence-corrected chi connectivity index (χ1v) is 9.82. The number of nitrogens with zero attached hydrogens (tertiary/aromatic N) is 2. The van der Waals surface area contributed by atoms with Gasteiger partial charge in [0.15, 0.2) is 0 Å². The third kappa shape index (κ3) is 5.54. The quantitative estimate of drug-likeness (QED) is 0.492. The number of hydrogen-bond donors (Lipinski definition) is 3. The van der Waals surface area contributed by atoms with E-state index in [0.29, 0.717) is 0 Å². The van der Waals surface area contributed by atoms with Crippen LogP contribution in [0.25, 0.3) is 0 Å². The van der Waals surface area contributed by atoms with Gasteiger partial charge in [-0.3, -0.25) is 5.32 Å². The minimum absolute atomic E-state index is 0.0129. The first-order chi connectivity index (χ1) is 14.1. The van der Waals surface area contributed by atoms with Crippen LogP contribution < -0.4 is 14.8 Å². The lowest BCUT2D eigenvalue weighted by Crippen LogP contribution is -2.35. The van der Waals surface area contributed by atoms with Gasteiger partial charge in [0.1, 0.15) is 10.6 Å². The van der Waals surface area contributed by atoms with Crippen LogP contribution in [0, 0.1) is 0 Å². The van der Waals surface area contributed by atoms with E-state index in [-0.39, 0.29) is 22.5 Å². The van der Waals surface area contributed by atoms with Gasteiger partial charge in [-0.25, -0.2) is 27.7 Å². The van der Waals surface area contributed by atoms with Crippen LogP contribution in [0.3, 0.4) is 0 Å². The molecule has 2 amide bonds. The summed E-state index contributed by atoms with van der Waals surface area (Å²) in [6.07, 6.45) is -0.901. The van der Waals surface area contributed by atoms with E-state index < -0.39 is 38.8 Å². The zero-order chi connectivity index (χ0) is 22.5. The number of anilines is 1. The van der Waals surface area contributed by atoms with Gasteiger partial charge in [-0.05, 0) is 18.2 Å². The summed E-state index contributed by atoms with van der Waals surface area (Å²) in [6, 6.07) is 3.23. The smallest absolute Gasteiger partial charge is 0.337 e. The van der Waals surface area contributed by atoms with E-state index in [4.69, 9.17) is 25.8 Å². The lowest BCUT2D eigenvalue weighted by atomic mass is 10.2. The highest BCUT2D eigenvalue weighted by molar-refractivity contribution is 7.90. The van der Waals surface area contributed by atoms with Crippen molar-refractivity contribution in [2.75, 3.05) is 26.6 Å². The van der Waals surface area contributed by atoms with Gasteiger partial charge in [-0.1, -0.05) is 11.6 Å². The molecule has 12 nitrogen and oxygen atoms in total. The second-order valence-corrected chi connectivity index (χ2v) is 7.55. The number of aromatic carboxylic acids is 1. The van der Waals surface area contributed by atoms with E-state index in [2.05, 4.69) is 15.3 Å². The number of ether oxygens (including phenoxy) is 3. The van der Waals surface area contributed by atoms with Crippen LogP contribution in [0.4, 0.5) is 10.7 Å². The number of hydrogen-bond acceptors (Lipinski definition) is 9. The number of carbonyl (C=O) groups is 2. The fraction of sp³-hybridized carbons (Fsp3) is 0.250. The van der Waals surface area contributed by atoms with Crippen molar-refractivity contribution in [3.63, 3.8) is 0 Å². The summed E-state index contributed by atoms with van der Waals surface area (Å²) in [7, 11) is -0.514. The van der Waals surface area contributed by atoms with Crippen LogP contribution in [0.1, 0.15) is 22.3 Å². The van der Waals surface area contributed by atoms with E-state index in [0.717, 1.165) is 12.1 Å². The molecule has 0 saturated heterocycles. The molecule has 0 saturated carbocycles. The Morgan fingerprint density at radius 2 is 1.80 bits per heavy atom. The van der Waals surface area contributed by atoms with E-state index in [9.17, 15) is 23.1 Å². The maximum Gasteiger partial charge on any atom is 0.337 e. The lowest BCUT2D eigenvalue weighted by molar-refractivity contribution is -0.108. The predicted molar refractivity (Wildman–Crippen MR) is 103 cm³/mol. The van der Waals surface area contributed by atoms with Crippen LogP contribution in [0.2, 0.25) is 5.02 Å². The Morgan fingerprint density at radius 1 is 1.13 bits per heavy atom. The fourth-order valence-electron chi connectivity index (χ4n) is 2.27. The van der Waals surface area contributed by atoms with Crippen LogP contribution in [0.5, 0.6) is 5.88 Å². The summed E-state index contributed by atoms with van der Waals surface area (Å²) in [5.74, 6) is -1.81. The molecule has 0 unspecified atom stereocenters. The number of rotatable bonds is 8. The molecule has 0 radical (unpaired) electrons. The number of carboxylic acid groups (broad SMARTS) is 1. The minimum atomic E-state index is -4.56. The van der Waals surface area contributed by atoms with Gasteiger partial charge in [0, 0.05) is 25.3 Å². The number of nitrogens with one attached hydrogen (secondary N) is 2. The molecule has 0 spiro atoms. The molecule has 2 rings (SSSR count). The molecular formula is C16H17ClN4O8S. The molecule has 14 heteroatoms. The first kappa shape index (κ1) is 23.3. The van der Waals surface area contributed by atoms with Crippen molar-refractivity contribution in [2.45, 2.75) is 11.2 Å². The van der Waals surface area contributed by atoms with Crippen LogP contribution in [0.15, 0.2) is 29.2 Å². The molecule has 3 N–H and O–H groups in total. The number of urea groups is 1. The number of methoxy groups -OCH3 is 3. The second-order valence-electron chi connectivity index (χ2n) is 5.47. The minimum Gasteiger partial charge on any atom is -0.481 e. The molecule has 0 aliphatic heterocycles. The summed E-state index contributed by atoms with van der Waals surface area (Å²) >= 11 is 5.71. The summed E-state index contributed by atoms with van der Waals surface area (Å²) < 4.78 is 41.8. The number of carbonyl (C=O) groups excluding carboxylic acids is 1. The Kier molecular flexibility index (Phi) is 7.50. The number of halogens is 1. The van der Waals surface area contributed by atoms with Gasteiger partial charge in [0.25, 0.3) is 10.0 Å². The Hall–Kier alpha value is -3.00. The topological polar surface area (TPSA) is 166 Å². The van der Waals surface area contributed by atoms with Crippen LogP contribution in [-0.2, 0) is 19.5 Å². The summed E-state index contributed by atoms with van der Waals surface area (Å²) in [5, 5.41) is 11.3. The molecule has 0 aliphatic carbocycles. The molecule has 1 aromatic carbocycles. The Labute approximate surface area is 176 Å². The number of benzene rings is 1. The SMILES string of the molecule is COc1cc(C(OC)OC)nc(NC(=O)NS(=O)(=O)c2ccc(Cl)cc2C(=O)O)n1. The van der Waals surface area contributed by atoms with Crippen molar-refractivity contribution < 1.29 is 37.3 Å². The summed E-state index contributed by atoms with van der Waals surface area (Å²) in [4.78, 5) is 30.8. The maximum atomic E-state index is 12.5. The Morgan fingerprint density at radius 3 is 2.37 bits per heavy atom. The molecule has 1 aromatic heterocycles. The highest BCUT2D eigenvalue weighted by Crippen LogP contribution is 2.22. The first-order valence-electron chi connectivity index (χ1n) is 7.96. The van der Waals surface area contributed by atoms with Crippen molar-refractivity contribution in [3.05, 3.63) is 40.5 Å². The zero-order valence-corrected chi connectivity index (χ0v) is 17.4. The normalized spacial score (nSPS) is 11.2. The second kappa shape index (κ2) is 9.67. The van der Waals surface area contributed by atoms with Crippen LogP contribution >= 0.6 is 11.6 Å². The molecule has 0 atom stereocenters. The van der Waals surface area contributed by atoms with Crippen molar-refractivity contribution in [1.29, 1.82) is 0 Å². The number of sulfonamides is 1. The highest BCUT2D eigenvalue weighted by Gasteiger charge is 2.25. The predicted octanol–water partition coefficient (Wildman–Crippen LogP) is 1.64. The molecule has 30 heavy (non-hydrogen) atoms.